The Bertz CT molecular complexity index is 493. The van der Waals surface area contributed by atoms with Crippen molar-refractivity contribution in [3.05, 3.63) is 66.8 Å². The summed E-state index contributed by atoms with van der Waals surface area (Å²) in [7, 11) is 0. The molecule has 0 aliphatic rings. The molecule has 5 heteroatoms. The van der Waals surface area contributed by atoms with Crippen LogP contribution in [-0.4, -0.2) is 24.0 Å². The Morgan fingerprint density at radius 3 is 2.09 bits per heavy atom. The van der Waals surface area contributed by atoms with Gasteiger partial charge >= 0.3 is 5.97 Å². The summed E-state index contributed by atoms with van der Waals surface area (Å²) in [6, 6.07) is 8.37. The number of amides is 1. The van der Waals surface area contributed by atoms with Crippen molar-refractivity contribution in [3.63, 3.8) is 0 Å². The van der Waals surface area contributed by atoms with E-state index in [1.54, 1.807) is 6.08 Å². The molecule has 0 atom stereocenters. The van der Waals surface area contributed by atoms with Gasteiger partial charge in [0.15, 0.2) is 0 Å². The first-order chi connectivity index (χ1) is 10.5. The fraction of sp³-hybridized carbons (Fsp3) is 0.222. The molecular formula is C18H24FmNO3-. The van der Waals surface area contributed by atoms with E-state index in [1.807, 2.05) is 31.3 Å². The fourth-order valence-corrected chi connectivity index (χ4v) is 1.27. The summed E-state index contributed by atoms with van der Waals surface area (Å²) in [5.74, 6) is -1.07. The zero-order valence-corrected chi connectivity index (χ0v) is 16.1. The van der Waals surface area contributed by atoms with Gasteiger partial charge in [-0.3, -0.25) is 4.79 Å². The average Bonchev–Trinajstić information content (AvgIpc) is 2.54. The van der Waals surface area contributed by atoms with Crippen LogP contribution < -0.4 is 5.32 Å². The third kappa shape index (κ3) is 13.1. The van der Waals surface area contributed by atoms with Crippen molar-refractivity contribution in [1.82, 2.24) is 5.32 Å². The zero-order valence-electron chi connectivity index (χ0n) is 13.7. The monoisotopic (exact) mass is 559 g/mol. The number of aliphatic carboxylic acids is 1. The van der Waals surface area contributed by atoms with Crippen molar-refractivity contribution in [3.8, 4) is 0 Å². The Balaban J connectivity index is -0.000000345. The molecule has 2 N–H and O–H groups in total. The van der Waals surface area contributed by atoms with Crippen LogP contribution in [0.1, 0.15) is 25.0 Å². The van der Waals surface area contributed by atoms with Gasteiger partial charge in [-0.2, -0.15) is 6.41 Å². The summed E-state index contributed by atoms with van der Waals surface area (Å²) in [5, 5.41) is 9.65. The summed E-state index contributed by atoms with van der Waals surface area (Å²) in [4.78, 5) is 18.7. The number of carbonyl (C=O) groups excluding carboxylic acids is 1. The molecular weight excluding hydrogens is 535 g/mol. The number of hydrogen-bond donors (Lipinski definition) is 2. The molecule has 1 rings (SSSR count). The minimum absolute atomic E-state index is 0. The van der Waals surface area contributed by atoms with E-state index >= 15 is 0 Å². The molecule has 0 spiro atoms. The number of benzene rings is 1. The van der Waals surface area contributed by atoms with Crippen LogP contribution in [0.5, 0.6) is 0 Å². The molecule has 1 aromatic carbocycles. The van der Waals surface area contributed by atoms with Gasteiger partial charge in [0, 0.05) is 0 Å². The number of rotatable bonds is 6. The SMILES string of the molecule is C=C/C=C(\C=C)c1ccc(C)cc1.CC.O=[C-]NCC(=O)O.[Fm]. The summed E-state index contributed by atoms with van der Waals surface area (Å²) >= 11 is 0. The van der Waals surface area contributed by atoms with Crippen molar-refractivity contribution in [2.24, 2.45) is 0 Å². The zero-order chi connectivity index (χ0) is 17.4. The molecule has 132 valence electrons. The molecule has 0 unspecified atom stereocenters. The number of carbonyl (C=O) groups is 1. The number of hydrogen-bond acceptors (Lipinski definition) is 2. The van der Waals surface area contributed by atoms with Crippen LogP contribution in [0.4, 0.5) is 0 Å². The van der Waals surface area contributed by atoms with Crippen LogP contribution in [0.3, 0.4) is 0 Å². The minimum atomic E-state index is -1.07. The molecule has 0 radical (unpaired) electrons. The number of carboxylic acid groups (broad SMARTS) is 1. The van der Waals surface area contributed by atoms with Crippen LogP contribution >= 0.6 is 0 Å². The number of aryl methyl sites for hydroxylation is 1. The van der Waals surface area contributed by atoms with Crippen molar-refractivity contribution < 1.29 is 14.7 Å². The van der Waals surface area contributed by atoms with E-state index in [2.05, 4.69) is 44.3 Å². The molecule has 0 fully saturated rings. The van der Waals surface area contributed by atoms with E-state index in [4.69, 9.17) is 5.11 Å². The van der Waals surface area contributed by atoms with E-state index in [0.29, 0.717) is 0 Å². The third-order valence-corrected chi connectivity index (χ3v) is 2.21. The molecule has 0 aromatic heterocycles. The summed E-state index contributed by atoms with van der Waals surface area (Å²) in [5.41, 5.74) is 3.56. The topological polar surface area (TPSA) is 66.4 Å². The van der Waals surface area contributed by atoms with Gasteiger partial charge in [0.25, 0.3) is 0 Å². The van der Waals surface area contributed by atoms with E-state index < -0.39 is 5.97 Å². The van der Waals surface area contributed by atoms with Gasteiger partial charge in [0.2, 0.25) is 0 Å². The van der Waals surface area contributed by atoms with Crippen LogP contribution in [0, 0.1) is 6.92 Å². The first-order valence-corrected chi connectivity index (χ1v) is 6.89. The molecule has 0 heterocycles. The number of carboxylic acids is 1. The minimum Gasteiger partial charge on any atom is -0.521 e. The van der Waals surface area contributed by atoms with E-state index in [9.17, 15) is 9.59 Å². The summed E-state index contributed by atoms with van der Waals surface area (Å²) in [6.07, 6.45) is 6.79. The van der Waals surface area contributed by atoms with Gasteiger partial charge < -0.3 is 15.2 Å². The maximum Gasteiger partial charge on any atom is 0.320 e. The van der Waals surface area contributed by atoms with Crippen molar-refractivity contribution >= 4 is 18.0 Å². The molecule has 0 aliphatic carbocycles. The van der Waals surface area contributed by atoms with Crippen LogP contribution in [0.15, 0.2) is 55.7 Å². The van der Waals surface area contributed by atoms with E-state index in [1.165, 1.54) is 17.5 Å². The van der Waals surface area contributed by atoms with E-state index in [0.717, 1.165) is 5.57 Å². The molecule has 1 aromatic rings. The predicted octanol–water partition coefficient (Wildman–Crippen LogP) is 3.50. The Morgan fingerprint density at radius 2 is 1.78 bits per heavy atom. The summed E-state index contributed by atoms with van der Waals surface area (Å²) in [6.45, 7) is 13.2. The average molecular weight is 559 g/mol. The molecule has 23 heavy (non-hydrogen) atoms. The number of allylic oxidation sites excluding steroid dienone is 4. The fourth-order valence-electron chi connectivity index (χ4n) is 1.27. The maximum atomic E-state index is 9.52. The van der Waals surface area contributed by atoms with Crippen LogP contribution in [-0.2, 0) is 9.59 Å². The molecule has 4 nitrogen and oxygen atoms in total. The quantitative estimate of drug-likeness (QED) is 0.319. The van der Waals surface area contributed by atoms with Crippen molar-refractivity contribution in [2.75, 3.05) is 6.54 Å². The second-order valence-electron chi connectivity index (χ2n) is 3.78. The van der Waals surface area contributed by atoms with Gasteiger partial charge in [0.1, 0.15) is 0 Å². The first-order valence-electron chi connectivity index (χ1n) is 6.89. The Morgan fingerprint density at radius 1 is 1.26 bits per heavy atom. The van der Waals surface area contributed by atoms with Crippen LogP contribution in [0.2, 0.25) is 0 Å². The molecule has 0 bridgehead atoms. The third-order valence-electron chi connectivity index (χ3n) is 2.21. The Kier molecular flexibility index (Phi) is 17.4. The van der Waals surface area contributed by atoms with Crippen LogP contribution in [0.25, 0.3) is 5.57 Å². The standard InChI is InChI=1S/C13H14.C3H4NO3.C2H6.Fm/c1-4-6-12(5-2)13-9-7-11(3)8-10-13;5-2-4-1-3(6)7;1-2;/h4-10H,1-2H2,3H3;1H2,(H,4,5)(H,6,7);1-2H3;/q;-1;;/b12-6+;;;. The molecule has 0 saturated carbocycles. The largest absolute Gasteiger partial charge is 0.521 e. The smallest absolute Gasteiger partial charge is 0.320 e. The normalized spacial score (nSPS) is 8.74. The van der Waals surface area contributed by atoms with Gasteiger partial charge in [-0.15, -0.1) is 0 Å². The molecule has 0 aliphatic heterocycles. The Labute approximate surface area is 132 Å². The van der Waals surface area contributed by atoms with Gasteiger partial charge in [0.05, 0.1) is 6.54 Å². The second-order valence-corrected chi connectivity index (χ2v) is 3.78. The van der Waals surface area contributed by atoms with Gasteiger partial charge in [-0.1, -0.05) is 75.1 Å². The van der Waals surface area contributed by atoms with E-state index in [-0.39, 0.29) is 6.54 Å². The van der Waals surface area contributed by atoms with Crippen molar-refractivity contribution in [1.29, 1.82) is 0 Å². The second kappa shape index (κ2) is 16.4. The maximum absolute atomic E-state index is 9.52. The predicted molar refractivity (Wildman–Crippen MR) is 92.2 cm³/mol. The van der Waals surface area contributed by atoms with Gasteiger partial charge in [-0.25, -0.2) is 0 Å². The Hall–Kier alpha value is -3.62. The summed E-state index contributed by atoms with van der Waals surface area (Å²) < 4.78 is 0. The molecule has 0 saturated heterocycles. The van der Waals surface area contributed by atoms with Gasteiger partial charge in [-0.05, 0) is 18.1 Å². The number of nitrogens with one attached hydrogen (secondary N) is 1. The van der Waals surface area contributed by atoms with Crippen molar-refractivity contribution in [2.45, 2.75) is 20.8 Å². The first kappa shape index (κ1) is 24.4. The molecule has 1 amide bonds.